The molecular weight excluding hydrogens is 261 g/mol. The van der Waals surface area contributed by atoms with Crippen LogP contribution in [0.5, 0.6) is 0 Å². The van der Waals surface area contributed by atoms with Crippen molar-refractivity contribution in [2.45, 2.75) is 32.2 Å². The lowest BCUT2D eigenvalue weighted by molar-refractivity contribution is -0.123. The largest absolute Gasteiger partial charge is 0.353 e. The van der Waals surface area contributed by atoms with Gasteiger partial charge in [0.25, 0.3) is 0 Å². The number of hydrogen-bond donors (Lipinski definition) is 2. The van der Waals surface area contributed by atoms with Crippen molar-refractivity contribution in [1.82, 2.24) is 15.5 Å². The predicted molar refractivity (Wildman–Crippen MR) is 76.3 cm³/mol. The molecule has 1 amide bonds. The fourth-order valence-electron chi connectivity index (χ4n) is 1.73. The molecular formula is C11H25Cl2N3O. The molecule has 6 heteroatoms. The lowest BCUT2D eigenvalue weighted by Gasteiger charge is -2.23. The van der Waals surface area contributed by atoms with Gasteiger partial charge < -0.3 is 15.5 Å². The third-order valence-electron chi connectivity index (χ3n) is 2.96. The van der Waals surface area contributed by atoms with E-state index >= 15 is 0 Å². The summed E-state index contributed by atoms with van der Waals surface area (Å²) in [5.41, 5.74) is 0. The van der Waals surface area contributed by atoms with Crippen molar-refractivity contribution >= 4 is 30.7 Å². The van der Waals surface area contributed by atoms with E-state index in [9.17, 15) is 4.79 Å². The third kappa shape index (κ3) is 7.82. The minimum absolute atomic E-state index is 0. The maximum Gasteiger partial charge on any atom is 0.237 e. The van der Waals surface area contributed by atoms with Gasteiger partial charge in [0.1, 0.15) is 0 Å². The maximum absolute atomic E-state index is 11.7. The van der Waals surface area contributed by atoms with E-state index in [0.717, 1.165) is 32.6 Å². The SMILES string of the molecule is CCN(C)CCNC(=O)[C@@H]1CCCCN1.Cl.Cl. The Hall–Kier alpha value is -0.0300. The number of halogens is 2. The summed E-state index contributed by atoms with van der Waals surface area (Å²) in [6, 6.07) is 0.0469. The molecule has 0 aromatic rings. The summed E-state index contributed by atoms with van der Waals surface area (Å²) in [6.45, 7) is 5.80. The Kier molecular flexibility index (Phi) is 12.6. The van der Waals surface area contributed by atoms with Crippen molar-refractivity contribution < 1.29 is 4.79 Å². The molecule has 0 aromatic carbocycles. The first-order valence-electron chi connectivity index (χ1n) is 5.93. The van der Waals surface area contributed by atoms with E-state index in [1.807, 2.05) is 0 Å². The van der Waals surface area contributed by atoms with Gasteiger partial charge in [0.15, 0.2) is 0 Å². The minimum Gasteiger partial charge on any atom is -0.353 e. The standard InChI is InChI=1S/C11H23N3O.2ClH/c1-3-14(2)9-8-13-11(15)10-6-4-5-7-12-10;;/h10,12H,3-9H2,1-2H3,(H,13,15);2*1H/t10-;;/m0../s1. The summed E-state index contributed by atoms with van der Waals surface area (Å²) in [4.78, 5) is 13.9. The molecule has 0 aromatic heterocycles. The zero-order valence-electron chi connectivity index (χ0n) is 10.7. The second-order valence-electron chi connectivity index (χ2n) is 4.19. The van der Waals surface area contributed by atoms with Crippen LogP contribution in [-0.2, 0) is 4.79 Å². The molecule has 104 valence electrons. The molecule has 0 spiro atoms. The molecule has 2 N–H and O–H groups in total. The lowest BCUT2D eigenvalue weighted by Crippen LogP contribution is -2.47. The molecule has 1 saturated heterocycles. The highest BCUT2D eigenvalue weighted by atomic mass is 35.5. The van der Waals surface area contributed by atoms with Crippen LogP contribution in [0.1, 0.15) is 26.2 Å². The fourth-order valence-corrected chi connectivity index (χ4v) is 1.73. The molecule has 1 fully saturated rings. The van der Waals surface area contributed by atoms with Crippen LogP contribution in [0.15, 0.2) is 0 Å². The second kappa shape index (κ2) is 11.1. The van der Waals surface area contributed by atoms with Gasteiger partial charge in [-0.05, 0) is 33.0 Å². The van der Waals surface area contributed by atoms with Crippen molar-refractivity contribution in [1.29, 1.82) is 0 Å². The molecule has 4 nitrogen and oxygen atoms in total. The maximum atomic E-state index is 11.7. The van der Waals surface area contributed by atoms with Crippen molar-refractivity contribution in [2.75, 3.05) is 33.2 Å². The van der Waals surface area contributed by atoms with Crippen molar-refractivity contribution in [3.63, 3.8) is 0 Å². The molecule has 0 bridgehead atoms. The molecule has 0 aliphatic carbocycles. The lowest BCUT2D eigenvalue weighted by atomic mass is 10.0. The van der Waals surface area contributed by atoms with Crippen LogP contribution in [-0.4, -0.2) is 50.1 Å². The van der Waals surface area contributed by atoms with Crippen LogP contribution < -0.4 is 10.6 Å². The third-order valence-corrected chi connectivity index (χ3v) is 2.96. The predicted octanol–water partition coefficient (Wildman–Crippen LogP) is 1.04. The molecule has 0 saturated carbocycles. The van der Waals surface area contributed by atoms with Gasteiger partial charge in [0.05, 0.1) is 6.04 Å². The minimum atomic E-state index is 0. The Balaban J connectivity index is 0. The summed E-state index contributed by atoms with van der Waals surface area (Å²) < 4.78 is 0. The molecule has 0 unspecified atom stereocenters. The monoisotopic (exact) mass is 285 g/mol. The van der Waals surface area contributed by atoms with E-state index in [0.29, 0.717) is 0 Å². The highest BCUT2D eigenvalue weighted by Gasteiger charge is 2.19. The molecule has 1 heterocycles. The highest BCUT2D eigenvalue weighted by molar-refractivity contribution is 5.85. The summed E-state index contributed by atoms with van der Waals surface area (Å²) in [5, 5.41) is 6.22. The number of nitrogens with one attached hydrogen (secondary N) is 2. The van der Waals surface area contributed by atoms with Crippen LogP contribution in [0.2, 0.25) is 0 Å². The Bertz CT molecular complexity index is 199. The van der Waals surface area contributed by atoms with Crippen molar-refractivity contribution in [3.05, 3.63) is 0 Å². The van der Waals surface area contributed by atoms with Crippen molar-refractivity contribution in [2.24, 2.45) is 0 Å². The normalized spacial score (nSPS) is 19.1. The first-order valence-corrected chi connectivity index (χ1v) is 5.93. The average molecular weight is 286 g/mol. The zero-order valence-corrected chi connectivity index (χ0v) is 12.3. The van der Waals surface area contributed by atoms with Gasteiger partial charge in [0, 0.05) is 13.1 Å². The average Bonchev–Trinajstić information content (AvgIpc) is 2.29. The quantitative estimate of drug-likeness (QED) is 0.794. The molecule has 1 atom stereocenters. The van der Waals surface area contributed by atoms with Crippen LogP contribution in [0.25, 0.3) is 0 Å². The zero-order chi connectivity index (χ0) is 11.1. The fraction of sp³-hybridized carbons (Fsp3) is 0.909. The number of piperidine rings is 1. The smallest absolute Gasteiger partial charge is 0.237 e. The summed E-state index contributed by atoms with van der Waals surface area (Å²) in [5.74, 6) is 0.166. The number of amides is 1. The Morgan fingerprint density at radius 2 is 2.12 bits per heavy atom. The van der Waals surface area contributed by atoms with Crippen LogP contribution in [0.4, 0.5) is 0 Å². The molecule has 1 aliphatic rings. The molecule has 17 heavy (non-hydrogen) atoms. The van der Waals surface area contributed by atoms with Gasteiger partial charge in [-0.1, -0.05) is 13.3 Å². The molecule has 1 aliphatic heterocycles. The van der Waals surface area contributed by atoms with Crippen LogP contribution in [0, 0.1) is 0 Å². The molecule has 1 rings (SSSR count). The summed E-state index contributed by atoms with van der Waals surface area (Å²) in [6.07, 6.45) is 3.34. The summed E-state index contributed by atoms with van der Waals surface area (Å²) >= 11 is 0. The van der Waals surface area contributed by atoms with Crippen molar-refractivity contribution in [3.8, 4) is 0 Å². The van der Waals surface area contributed by atoms with E-state index in [4.69, 9.17) is 0 Å². The van der Waals surface area contributed by atoms with E-state index in [2.05, 4.69) is 29.5 Å². The second-order valence-corrected chi connectivity index (χ2v) is 4.19. The van der Waals surface area contributed by atoms with Gasteiger partial charge in [-0.3, -0.25) is 4.79 Å². The van der Waals surface area contributed by atoms with E-state index in [-0.39, 0.29) is 36.8 Å². The molecule has 0 radical (unpaired) electrons. The Morgan fingerprint density at radius 1 is 1.41 bits per heavy atom. The van der Waals surface area contributed by atoms with Crippen LogP contribution in [0.3, 0.4) is 0 Å². The highest BCUT2D eigenvalue weighted by Crippen LogP contribution is 2.06. The number of likely N-dealkylation sites (N-methyl/N-ethyl adjacent to an activating group) is 1. The topological polar surface area (TPSA) is 44.4 Å². The van der Waals surface area contributed by atoms with Gasteiger partial charge in [-0.15, -0.1) is 24.8 Å². The summed E-state index contributed by atoms with van der Waals surface area (Å²) in [7, 11) is 2.06. The van der Waals surface area contributed by atoms with E-state index in [1.165, 1.54) is 12.8 Å². The number of hydrogen-bond acceptors (Lipinski definition) is 3. The first-order chi connectivity index (χ1) is 7.24. The Morgan fingerprint density at radius 3 is 2.65 bits per heavy atom. The van der Waals surface area contributed by atoms with E-state index < -0.39 is 0 Å². The Labute approximate surface area is 117 Å². The van der Waals surface area contributed by atoms with Gasteiger partial charge in [0.2, 0.25) is 5.91 Å². The number of carbonyl (C=O) groups excluding carboxylic acids is 1. The van der Waals surface area contributed by atoms with Gasteiger partial charge >= 0.3 is 0 Å². The van der Waals surface area contributed by atoms with Gasteiger partial charge in [-0.25, -0.2) is 0 Å². The number of rotatable bonds is 5. The van der Waals surface area contributed by atoms with Crippen LogP contribution >= 0.6 is 24.8 Å². The number of nitrogens with zero attached hydrogens (tertiary/aromatic N) is 1. The van der Waals surface area contributed by atoms with E-state index in [1.54, 1.807) is 0 Å². The number of carbonyl (C=O) groups is 1. The van der Waals surface area contributed by atoms with Gasteiger partial charge in [-0.2, -0.15) is 0 Å². The first kappa shape index (κ1) is 19.3.